The standard InChI is InChI=1S/C24H18Cl2N2O8/c1-13(29)27-19-11-22(34-2)16(10-18(19)26)24(31)35-12-21(30)14-6-8-15(9-7-14)36-23-17(25)4-3-5-20(23)28(32)33/h3-11H,12H2,1-2H3,(H,27,29). The maximum absolute atomic E-state index is 12.5. The third kappa shape index (κ3) is 6.29. The maximum atomic E-state index is 12.5. The number of hydrogen-bond acceptors (Lipinski definition) is 8. The molecule has 36 heavy (non-hydrogen) atoms. The number of nitrogens with zero attached hydrogens (tertiary/aromatic N) is 1. The molecule has 0 fully saturated rings. The first kappa shape index (κ1) is 26.5. The van der Waals surface area contributed by atoms with E-state index in [1.54, 1.807) is 0 Å². The zero-order valence-corrected chi connectivity index (χ0v) is 20.4. The summed E-state index contributed by atoms with van der Waals surface area (Å²) in [5.41, 5.74) is 0.109. The fourth-order valence-electron chi connectivity index (χ4n) is 3.03. The van der Waals surface area contributed by atoms with Crippen molar-refractivity contribution in [3.63, 3.8) is 0 Å². The quantitative estimate of drug-likeness (QED) is 0.160. The SMILES string of the molecule is COc1cc(NC(C)=O)c(Cl)cc1C(=O)OCC(=O)c1ccc(Oc2c(Cl)cccc2[N+](=O)[O-])cc1. The van der Waals surface area contributed by atoms with Crippen molar-refractivity contribution in [2.24, 2.45) is 0 Å². The summed E-state index contributed by atoms with van der Waals surface area (Å²) in [5, 5.41) is 13.8. The summed E-state index contributed by atoms with van der Waals surface area (Å²) < 4.78 is 15.8. The number of anilines is 1. The summed E-state index contributed by atoms with van der Waals surface area (Å²) in [6.07, 6.45) is 0. The highest BCUT2D eigenvalue weighted by molar-refractivity contribution is 6.34. The van der Waals surface area contributed by atoms with Crippen LogP contribution in [0.3, 0.4) is 0 Å². The number of nitrogens with one attached hydrogen (secondary N) is 1. The van der Waals surface area contributed by atoms with E-state index >= 15 is 0 Å². The van der Waals surface area contributed by atoms with Crippen molar-refractivity contribution < 1.29 is 33.5 Å². The number of ketones is 1. The highest BCUT2D eigenvalue weighted by Gasteiger charge is 2.21. The normalized spacial score (nSPS) is 10.3. The smallest absolute Gasteiger partial charge is 0.342 e. The Morgan fingerprint density at radius 1 is 1.03 bits per heavy atom. The van der Waals surface area contributed by atoms with Crippen LogP contribution in [0.2, 0.25) is 10.0 Å². The average Bonchev–Trinajstić information content (AvgIpc) is 2.84. The molecule has 0 bridgehead atoms. The number of rotatable bonds is 9. The number of esters is 1. The first-order chi connectivity index (χ1) is 17.1. The Labute approximate surface area is 214 Å². The summed E-state index contributed by atoms with van der Waals surface area (Å²) in [6, 6.07) is 12.4. The number of ether oxygens (including phenoxy) is 3. The van der Waals surface area contributed by atoms with Gasteiger partial charge in [0.2, 0.25) is 11.7 Å². The third-order valence-corrected chi connectivity index (χ3v) is 5.30. The van der Waals surface area contributed by atoms with Crippen LogP contribution in [-0.4, -0.2) is 36.3 Å². The molecule has 3 rings (SSSR count). The fourth-order valence-corrected chi connectivity index (χ4v) is 3.45. The van der Waals surface area contributed by atoms with E-state index in [9.17, 15) is 24.5 Å². The second-order valence-electron chi connectivity index (χ2n) is 7.18. The predicted molar refractivity (Wildman–Crippen MR) is 132 cm³/mol. The number of Topliss-reactive ketones (excluding diaryl/α,β-unsaturated/α-hetero) is 1. The van der Waals surface area contributed by atoms with Gasteiger partial charge in [0.15, 0.2) is 12.4 Å². The largest absolute Gasteiger partial charge is 0.496 e. The topological polar surface area (TPSA) is 134 Å². The van der Waals surface area contributed by atoms with Gasteiger partial charge in [-0.1, -0.05) is 29.3 Å². The van der Waals surface area contributed by atoms with Crippen molar-refractivity contribution in [2.45, 2.75) is 6.92 Å². The number of hydrogen-bond donors (Lipinski definition) is 1. The molecule has 0 aliphatic rings. The van der Waals surface area contributed by atoms with Gasteiger partial charge in [-0.05, 0) is 36.4 Å². The minimum atomic E-state index is -0.859. The fraction of sp³-hybridized carbons (Fsp3) is 0.125. The lowest BCUT2D eigenvalue weighted by atomic mass is 10.1. The molecule has 0 saturated heterocycles. The highest BCUT2D eigenvalue weighted by Crippen LogP contribution is 2.37. The van der Waals surface area contributed by atoms with Gasteiger partial charge in [-0.25, -0.2) is 4.79 Å². The average molecular weight is 533 g/mol. The molecule has 0 aliphatic heterocycles. The number of benzene rings is 3. The van der Waals surface area contributed by atoms with Gasteiger partial charge >= 0.3 is 11.7 Å². The molecule has 0 saturated carbocycles. The van der Waals surface area contributed by atoms with Crippen LogP contribution in [0.25, 0.3) is 0 Å². The van der Waals surface area contributed by atoms with Crippen molar-refractivity contribution in [1.82, 2.24) is 0 Å². The molecule has 10 nitrogen and oxygen atoms in total. The lowest BCUT2D eigenvalue weighted by Gasteiger charge is -2.12. The maximum Gasteiger partial charge on any atom is 0.342 e. The molecule has 12 heteroatoms. The summed E-state index contributed by atoms with van der Waals surface area (Å²) in [5.74, 6) is -1.56. The van der Waals surface area contributed by atoms with Crippen LogP contribution in [0.5, 0.6) is 17.2 Å². The van der Waals surface area contributed by atoms with Gasteiger partial charge in [0.1, 0.15) is 17.1 Å². The van der Waals surface area contributed by atoms with Crippen molar-refractivity contribution in [2.75, 3.05) is 19.0 Å². The van der Waals surface area contributed by atoms with Crippen LogP contribution >= 0.6 is 23.2 Å². The molecular formula is C24H18Cl2N2O8. The van der Waals surface area contributed by atoms with Crippen molar-refractivity contribution in [3.05, 3.63) is 85.9 Å². The minimum absolute atomic E-state index is 0.0329. The number of nitro groups is 1. The molecule has 0 heterocycles. The van der Waals surface area contributed by atoms with Gasteiger partial charge in [-0.3, -0.25) is 19.7 Å². The van der Waals surface area contributed by atoms with Crippen molar-refractivity contribution in [3.8, 4) is 17.2 Å². The van der Waals surface area contributed by atoms with Crippen LogP contribution in [0.15, 0.2) is 54.6 Å². The first-order valence-corrected chi connectivity index (χ1v) is 10.9. The summed E-state index contributed by atoms with van der Waals surface area (Å²) in [7, 11) is 1.32. The number of carbonyl (C=O) groups is 3. The molecule has 0 atom stereocenters. The van der Waals surface area contributed by atoms with Gasteiger partial charge in [-0.2, -0.15) is 0 Å². The summed E-state index contributed by atoms with van der Waals surface area (Å²) in [4.78, 5) is 46.9. The number of methoxy groups -OCH3 is 1. The predicted octanol–water partition coefficient (Wildman–Crippen LogP) is 5.70. The monoisotopic (exact) mass is 532 g/mol. The molecule has 1 amide bonds. The Hall–Kier alpha value is -4.15. The van der Waals surface area contributed by atoms with E-state index in [1.165, 1.54) is 68.6 Å². The third-order valence-electron chi connectivity index (χ3n) is 4.69. The second-order valence-corrected chi connectivity index (χ2v) is 8.00. The van der Waals surface area contributed by atoms with Crippen molar-refractivity contribution >= 4 is 52.2 Å². The Bertz CT molecular complexity index is 1340. The van der Waals surface area contributed by atoms with E-state index in [1.807, 2.05) is 0 Å². The first-order valence-electron chi connectivity index (χ1n) is 10.2. The Kier molecular flexibility index (Phi) is 8.46. The van der Waals surface area contributed by atoms with Crippen LogP contribution in [-0.2, 0) is 9.53 Å². The summed E-state index contributed by atoms with van der Waals surface area (Å²) in [6.45, 7) is 0.721. The Morgan fingerprint density at radius 3 is 2.33 bits per heavy atom. The molecular weight excluding hydrogens is 515 g/mol. The van der Waals surface area contributed by atoms with E-state index in [2.05, 4.69) is 5.32 Å². The van der Waals surface area contributed by atoms with E-state index in [0.29, 0.717) is 0 Å². The van der Waals surface area contributed by atoms with E-state index < -0.39 is 23.3 Å². The molecule has 1 N–H and O–H groups in total. The molecule has 0 unspecified atom stereocenters. The van der Waals surface area contributed by atoms with Gasteiger partial charge in [-0.15, -0.1) is 0 Å². The van der Waals surface area contributed by atoms with Crippen LogP contribution in [0.4, 0.5) is 11.4 Å². The van der Waals surface area contributed by atoms with E-state index in [4.69, 9.17) is 37.4 Å². The summed E-state index contributed by atoms with van der Waals surface area (Å²) >= 11 is 12.1. The van der Waals surface area contributed by atoms with E-state index in [0.717, 1.165) is 0 Å². The number of amides is 1. The highest BCUT2D eigenvalue weighted by atomic mass is 35.5. The van der Waals surface area contributed by atoms with Crippen LogP contribution in [0.1, 0.15) is 27.6 Å². The van der Waals surface area contributed by atoms with Crippen molar-refractivity contribution in [1.29, 1.82) is 0 Å². The number of para-hydroxylation sites is 1. The molecule has 0 aliphatic carbocycles. The molecule has 3 aromatic rings. The Balaban J connectivity index is 1.68. The van der Waals surface area contributed by atoms with Crippen LogP contribution < -0.4 is 14.8 Å². The van der Waals surface area contributed by atoms with Gasteiger partial charge in [0.05, 0.1) is 27.8 Å². The number of carbonyl (C=O) groups excluding carboxylic acids is 3. The van der Waals surface area contributed by atoms with Gasteiger partial charge in [0.25, 0.3) is 0 Å². The molecule has 3 aromatic carbocycles. The zero-order chi connectivity index (χ0) is 26.4. The lowest BCUT2D eigenvalue weighted by Crippen LogP contribution is -2.15. The molecule has 0 radical (unpaired) electrons. The number of nitro benzene ring substituents is 1. The van der Waals surface area contributed by atoms with Gasteiger partial charge < -0.3 is 19.5 Å². The Morgan fingerprint density at radius 2 is 1.72 bits per heavy atom. The van der Waals surface area contributed by atoms with Gasteiger partial charge in [0, 0.05) is 24.6 Å². The van der Waals surface area contributed by atoms with Crippen LogP contribution in [0, 0.1) is 10.1 Å². The molecule has 0 aromatic heterocycles. The molecule has 186 valence electrons. The lowest BCUT2D eigenvalue weighted by molar-refractivity contribution is -0.385. The molecule has 0 spiro atoms. The van der Waals surface area contributed by atoms with E-state index in [-0.39, 0.29) is 55.7 Å². The number of halogens is 2. The zero-order valence-electron chi connectivity index (χ0n) is 18.9. The minimum Gasteiger partial charge on any atom is -0.496 e. The second kappa shape index (κ2) is 11.5.